The van der Waals surface area contributed by atoms with Crippen LogP contribution in [0.1, 0.15) is 60.3 Å². The van der Waals surface area contributed by atoms with Crippen LogP contribution in [0.5, 0.6) is 0 Å². The zero-order valence-electron chi connectivity index (χ0n) is 21.0. The number of hydrogen-bond donors (Lipinski definition) is 0. The molecular weight excluding hydrogens is 428 g/mol. The average molecular weight is 465 g/mol. The maximum atomic E-state index is 13.7. The standard InChI is InChI=1S/C26H36N6O2/c1-19-28-20(17-22(29-19)25(2)11-15-31(5)16-12-25)23(33)32-14-8-10-26(18-32,24(34)30(3)4)21-9-6-7-13-27-21/h6-7,9,13,17H,8,10-12,14-16,18H2,1-5H3/t26-/m0/s1. The summed E-state index contributed by atoms with van der Waals surface area (Å²) in [6.45, 7) is 6.98. The lowest BCUT2D eigenvalue weighted by Crippen LogP contribution is -2.56. The molecule has 2 amide bonds. The van der Waals surface area contributed by atoms with Gasteiger partial charge in [-0.2, -0.15) is 0 Å². The van der Waals surface area contributed by atoms with Crippen LogP contribution in [-0.4, -0.2) is 88.8 Å². The van der Waals surface area contributed by atoms with Crippen molar-refractivity contribution in [2.24, 2.45) is 0 Å². The Balaban J connectivity index is 1.65. The Bertz CT molecular complexity index is 1050. The lowest BCUT2D eigenvalue weighted by molar-refractivity contribution is -0.137. The highest BCUT2D eigenvalue weighted by molar-refractivity contribution is 5.94. The minimum Gasteiger partial charge on any atom is -0.348 e. The van der Waals surface area contributed by atoms with Gasteiger partial charge in [0.05, 0.1) is 11.4 Å². The smallest absolute Gasteiger partial charge is 0.272 e. The third kappa shape index (κ3) is 4.56. The maximum absolute atomic E-state index is 13.7. The van der Waals surface area contributed by atoms with E-state index in [2.05, 4.69) is 28.8 Å². The van der Waals surface area contributed by atoms with Crippen LogP contribution in [0.2, 0.25) is 0 Å². The lowest BCUT2D eigenvalue weighted by atomic mass is 9.75. The van der Waals surface area contributed by atoms with E-state index in [0.717, 1.165) is 38.0 Å². The molecule has 34 heavy (non-hydrogen) atoms. The molecule has 1 atom stereocenters. The van der Waals surface area contributed by atoms with Gasteiger partial charge < -0.3 is 14.7 Å². The highest BCUT2D eigenvalue weighted by atomic mass is 16.2. The van der Waals surface area contributed by atoms with Crippen molar-refractivity contribution in [3.8, 4) is 0 Å². The molecule has 2 aliphatic heterocycles. The van der Waals surface area contributed by atoms with Gasteiger partial charge in [-0.15, -0.1) is 0 Å². The first-order valence-electron chi connectivity index (χ1n) is 12.1. The number of carbonyl (C=O) groups is 2. The Morgan fingerprint density at radius 2 is 1.76 bits per heavy atom. The van der Waals surface area contributed by atoms with Gasteiger partial charge in [0, 0.05) is 38.8 Å². The van der Waals surface area contributed by atoms with Crippen LogP contribution in [-0.2, 0) is 15.6 Å². The number of likely N-dealkylation sites (tertiary alicyclic amines) is 2. The van der Waals surface area contributed by atoms with Crippen LogP contribution in [0.15, 0.2) is 30.5 Å². The van der Waals surface area contributed by atoms with E-state index in [4.69, 9.17) is 4.98 Å². The van der Waals surface area contributed by atoms with E-state index in [1.165, 1.54) is 0 Å². The molecule has 182 valence electrons. The Kier molecular flexibility index (Phi) is 6.71. The lowest BCUT2D eigenvalue weighted by Gasteiger charge is -2.42. The Morgan fingerprint density at radius 1 is 1.03 bits per heavy atom. The number of likely N-dealkylation sites (N-methyl/N-ethyl adjacent to an activating group) is 1. The van der Waals surface area contributed by atoms with Crippen LogP contribution >= 0.6 is 0 Å². The largest absolute Gasteiger partial charge is 0.348 e. The molecule has 8 heteroatoms. The molecule has 0 spiro atoms. The molecule has 2 saturated heterocycles. The van der Waals surface area contributed by atoms with Gasteiger partial charge in [-0.3, -0.25) is 14.6 Å². The zero-order valence-corrected chi connectivity index (χ0v) is 21.0. The van der Waals surface area contributed by atoms with Gasteiger partial charge in [0.1, 0.15) is 16.9 Å². The SMILES string of the molecule is Cc1nc(C(=O)N2CCC[C@@](C(=O)N(C)C)(c3ccccn3)C2)cc(C2(C)CCN(C)CC2)n1. The number of hydrogen-bond acceptors (Lipinski definition) is 6. The molecule has 2 aliphatic rings. The predicted molar refractivity (Wildman–Crippen MR) is 131 cm³/mol. The molecule has 0 radical (unpaired) electrons. The number of aromatic nitrogens is 3. The second kappa shape index (κ2) is 9.41. The minimum absolute atomic E-state index is 0.0258. The van der Waals surface area contributed by atoms with E-state index in [-0.39, 0.29) is 17.2 Å². The van der Waals surface area contributed by atoms with Crippen molar-refractivity contribution in [3.05, 3.63) is 53.4 Å². The number of carbonyl (C=O) groups excluding carboxylic acids is 2. The van der Waals surface area contributed by atoms with Gasteiger partial charge in [0.2, 0.25) is 5.91 Å². The van der Waals surface area contributed by atoms with Crippen molar-refractivity contribution in [2.75, 3.05) is 47.3 Å². The summed E-state index contributed by atoms with van der Waals surface area (Å²) in [5.74, 6) is 0.440. The second-order valence-electron chi connectivity index (χ2n) is 10.4. The molecule has 2 aromatic rings. The van der Waals surface area contributed by atoms with E-state index >= 15 is 0 Å². The molecule has 0 aliphatic carbocycles. The van der Waals surface area contributed by atoms with Crippen LogP contribution in [0.3, 0.4) is 0 Å². The molecule has 2 fully saturated rings. The third-order valence-corrected chi connectivity index (χ3v) is 7.52. The topological polar surface area (TPSA) is 82.5 Å². The molecule has 0 saturated carbocycles. The quantitative estimate of drug-likeness (QED) is 0.691. The van der Waals surface area contributed by atoms with Crippen LogP contribution in [0.25, 0.3) is 0 Å². The highest BCUT2D eigenvalue weighted by Gasteiger charge is 2.47. The zero-order chi connectivity index (χ0) is 24.5. The molecule has 4 heterocycles. The fourth-order valence-electron chi connectivity index (χ4n) is 5.31. The summed E-state index contributed by atoms with van der Waals surface area (Å²) in [5.41, 5.74) is 1.13. The van der Waals surface area contributed by atoms with Crippen LogP contribution < -0.4 is 0 Å². The Morgan fingerprint density at radius 3 is 2.41 bits per heavy atom. The maximum Gasteiger partial charge on any atom is 0.272 e. The summed E-state index contributed by atoms with van der Waals surface area (Å²) in [6.07, 6.45) is 5.09. The number of rotatable bonds is 4. The van der Waals surface area contributed by atoms with E-state index in [1.54, 1.807) is 30.1 Å². The average Bonchev–Trinajstić information content (AvgIpc) is 2.85. The third-order valence-electron chi connectivity index (χ3n) is 7.52. The predicted octanol–water partition coefficient (Wildman–Crippen LogP) is 2.43. The van der Waals surface area contributed by atoms with Crippen molar-refractivity contribution in [3.63, 3.8) is 0 Å². The second-order valence-corrected chi connectivity index (χ2v) is 10.4. The fourth-order valence-corrected chi connectivity index (χ4v) is 5.31. The minimum atomic E-state index is -0.858. The van der Waals surface area contributed by atoms with Crippen molar-refractivity contribution >= 4 is 11.8 Å². The number of aryl methyl sites for hydroxylation is 1. The van der Waals surface area contributed by atoms with E-state index in [0.29, 0.717) is 36.7 Å². The molecule has 4 rings (SSSR count). The van der Waals surface area contributed by atoms with Gasteiger partial charge in [-0.25, -0.2) is 9.97 Å². The van der Waals surface area contributed by atoms with Crippen molar-refractivity contribution in [1.82, 2.24) is 29.7 Å². The van der Waals surface area contributed by atoms with Gasteiger partial charge in [0.15, 0.2) is 0 Å². The number of amides is 2. The Hall–Kier alpha value is -2.87. The van der Waals surface area contributed by atoms with Crippen LogP contribution in [0, 0.1) is 6.92 Å². The van der Waals surface area contributed by atoms with Crippen LogP contribution in [0.4, 0.5) is 0 Å². The van der Waals surface area contributed by atoms with Gasteiger partial charge in [-0.1, -0.05) is 13.0 Å². The molecule has 2 aromatic heterocycles. The van der Waals surface area contributed by atoms with Crippen molar-refractivity contribution in [2.45, 2.75) is 50.4 Å². The fraction of sp³-hybridized carbons (Fsp3) is 0.577. The number of nitrogens with zero attached hydrogens (tertiary/aromatic N) is 6. The van der Waals surface area contributed by atoms with Crippen molar-refractivity contribution < 1.29 is 9.59 Å². The summed E-state index contributed by atoms with van der Waals surface area (Å²) in [5, 5.41) is 0. The molecule has 0 aromatic carbocycles. The monoisotopic (exact) mass is 464 g/mol. The van der Waals surface area contributed by atoms with Gasteiger partial charge >= 0.3 is 0 Å². The highest BCUT2D eigenvalue weighted by Crippen LogP contribution is 2.36. The summed E-state index contributed by atoms with van der Waals surface area (Å²) in [4.78, 5) is 46.7. The first-order chi connectivity index (χ1) is 16.1. The molecular formula is C26H36N6O2. The first-order valence-corrected chi connectivity index (χ1v) is 12.1. The van der Waals surface area contributed by atoms with Gasteiger partial charge in [-0.05, 0) is 70.9 Å². The number of pyridine rings is 1. The summed E-state index contributed by atoms with van der Waals surface area (Å²) in [7, 11) is 5.66. The summed E-state index contributed by atoms with van der Waals surface area (Å²) in [6, 6.07) is 7.52. The van der Waals surface area contributed by atoms with E-state index in [9.17, 15) is 9.59 Å². The number of piperidine rings is 2. The van der Waals surface area contributed by atoms with E-state index < -0.39 is 5.41 Å². The molecule has 0 unspecified atom stereocenters. The molecule has 0 bridgehead atoms. The Labute approximate surface area is 202 Å². The van der Waals surface area contributed by atoms with Gasteiger partial charge in [0.25, 0.3) is 5.91 Å². The molecule has 8 nitrogen and oxygen atoms in total. The van der Waals surface area contributed by atoms with Crippen molar-refractivity contribution in [1.29, 1.82) is 0 Å². The normalized spacial score (nSPS) is 22.9. The molecule has 0 N–H and O–H groups in total. The van der Waals surface area contributed by atoms with E-state index in [1.807, 2.05) is 31.2 Å². The summed E-state index contributed by atoms with van der Waals surface area (Å²) >= 11 is 0. The summed E-state index contributed by atoms with van der Waals surface area (Å²) < 4.78 is 0. The first kappa shape index (κ1) is 24.3.